The predicted molar refractivity (Wildman–Crippen MR) is 180 cm³/mol. The van der Waals surface area contributed by atoms with Crippen LogP contribution in [0.25, 0.3) is 0 Å². The van der Waals surface area contributed by atoms with E-state index in [0.29, 0.717) is 0 Å². The van der Waals surface area contributed by atoms with Crippen LogP contribution in [0.5, 0.6) is 0 Å². The van der Waals surface area contributed by atoms with Crippen molar-refractivity contribution in [3.05, 3.63) is 90.5 Å². The average Bonchev–Trinajstić information content (AvgIpc) is 3.86. The first-order valence-electron chi connectivity index (χ1n) is 17.0. The lowest BCUT2D eigenvalue weighted by molar-refractivity contribution is 0.433. The van der Waals surface area contributed by atoms with Gasteiger partial charge in [-0.3, -0.25) is 0 Å². The Kier molecular flexibility index (Phi) is 7.63. The van der Waals surface area contributed by atoms with Gasteiger partial charge < -0.3 is 0 Å². The van der Waals surface area contributed by atoms with Gasteiger partial charge in [0.2, 0.25) is 0 Å². The Balaban J connectivity index is 1.16. The minimum absolute atomic E-state index is 0.111. The molecule has 2 heteroatoms. The average molecular weight is 579 g/mol. The molecule has 0 amide bonds. The highest BCUT2D eigenvalue weighted by molar-refractivity contribution is 7.79. The second kappa shape index (κ2) is 11.5. The number of hydrogen-bond acceptors (Lipinski definition) is 0. The van der Waals surface area contributed by atoms with Gasteiger partial charge in [-0.1, -0.05) is 119 Å². The van der Waals surface area contributed by atoms with Crippen LogP contribution in [-0.2, 0) is 0 Å². The molecule has 4 bridgehead atoms. The fourth-order valence-corrected chi connectivity index (χ4v) is 18.4. The lowest BCUT2D eigenvalue weighted by Crippen LogP contribution is -2.34. The summed E-state index contributed by atoms with van der Waals surface area (Å²) in [6.07, 6.45) is 16.9. The Morgan fingerprint density at radius 3 is 1.68 bits per heavy atom. The maximum absolute atomic E-state index is 2.80. The van der Waals surface area contributed by atoms with E-state index in [0.717, 1.165) is 52.5 Å². The molecule has 5 aliphatic rings. The standard InChI is InChI=1S/C39H48P2/c1-27(40(38-25-28-19-21-30(38)23-28)39-26-29-20-22-31(39)24-29)34-16-10-17-35(34)36-15-8-9-18-37(36)41(32-11-4-2-5-12-32)33-13-6-3-7-14-33/h2-9,11-15,18,27-31,34-35,38-39H,10,16-17,19-26H2,1H3/t27-,28-,29+,30+,31-,34?,35?,38+,39-,40?/m0/s1. The van der Waals surface area contributed by atoms with Crippen LogP contribution in [0.2, 0.25) is 0 Å². The van der Waals surface area contributed by atoms with Crippen LogP contribution in [0.3, 0.4) is 0 Å². The van der Waals surface area contributed by atoms with Gasteiger partial charge in [-0.2, -0.15) is 0 Å². The topological polar surface area (TPSA) is 0 Å². The molecule has 0 nitrogen and oxygen atoms in total. The summed E-state index contributed by atoms with van der Waals surface area (Å²) in [7, 11) is -0.446. The molecule has 0 aliphatic heterocycles. The van der Waals surface area contributed by atoms with Crippen molar-refractivity contribution in [1.29, 1.82) is 0 Å². The lowest BCUT2D eigenvalue weighted by Gasteiger charge is -2.45. The summed E-state index contributed by atoms with van der Waals surface area (Å²) in [6.45, 7) is 2.80. The van der Waals surface area contributed by atoms with E-state index in [-0.39, 0.29) is 7.92 Å². The van der Waals surface area contributed by atoms with E-state index in [4.69, 9.17) is 0 Å². The minimum Gasteiger partial charge on any atom is -0.0965 e. The summed E-state index contributed by atoms with van der Waals surface area (Å²) in [4.78, 5) is 0. The van der Waals surface area contributed by atoms with Crippen LogP contribution < -0.4 is 15.9 Å². The van der Waals surface area contributed by atoms with Gasteiger partial charge in [0.15, 0.2) is 0 Å². The van der Waals surface area contributed by atoms with E-state index in [1.807, 2.05) is 0 Å². The van der Waals surface area contributed by atoms with E-state index in [9.17, 15) is 0 Å². The number of hydrogen-bond donors (Lipinski definition) is 0. The van der Waals surface area contributed by atoms with Crippen molar-refractivity contribution in [2.75, 3.05) is 0 Å². The van der Waals surface area contributed by atoms with Crippen molar-refractivity contribution in [2.24, 2.45) is 29.6 Å². The van der Waals surface area contributed by atoms with Gasteiger partial charge in [0.1, 0.15) is 0 Å². The molecule has 10 atom stereocenters. The highest BCUT2D eigenvalue weighted by atomic mass is 31.1. The molecule has 3 unspecified atom stereocenters. The molecule has 41 heavy (non-hydrogen) atoms. The van der Waals surface area contributed by atoms with Gasteiger partial charge in [0.25, 0.3) is 0 Å². The Bertz CT molecular complexity index is 1250. The lowest BCUT2D eigenvalue weighted by atomic mass is 9.87. The van der Waals surface area contributed by atoms with Crippen molar-refractivity contribution >= 4 is 31.8 Å². The van der Waals surface area contributed by atoms with Gasteiger partial charge in [0.05, 0.1) is 0 Å². The van der Waals surface area contributed by atoms with Crippen LogP contribution in [0.1, 0.15) is 89.0 Å². The molecule has 0 saturated heterocycles. The molecule has 0 aromatic heterocycles. The number of fused-ring (bicyclic) bond motifs is 4. The summed E-state index contributed by atoms with van der Waals surface area (Å²) in [5.41, 5.74) is 4.84. The molecule has 3 aromatic carbocycles. The predicted octanol–water partition coefficient (Wildman–Crippen LogP) is 9.58. The van der Waals surface area contributed by atoms with Crippen LogP contribution in [0, 0.1) is 29.6 Å². The molecule has 3 aromatic rings. The van der Waals surface area contributed by atoms with E-state index in [1.165, 1.54) is 29.9 Å². The SMILES string of the molecule is C[C@@H](C1CCCC1c1ccccc1P(c1ccccc1)c1ccccc1)P([C@@H]1C[C@H]2CC[C@@H]1C2)[C@H]1C[C@@H]2CC[C@H]1C2. The van der Waals surface area contributed by atoms with E-state index < -0.39 is 7.92 Å². The third-order valence-electron chi connectivity index (χ3n) is 12.4. The Hall–Kier alpha value is -1.48. The van der Waals surface area contributed by atoms with Gasteiger partial charge in [0, 0.05) is 0 Å². The molecule has 5 fully saturated rings. The normalized spacial score (nSPS) is 35.4. The summed E-state index contributed by atoms with van der Waals surface area (Å²) >= 11 is 0. The van der Waals surface area contributed by atoms with Crippen LogP contribution in [0.15, 0.2) is 84.9 Å². The Labute approximate surface area is 251 Å². The fourth-order valence-electron chi connectivity index (χ4n) is 10.8. The molecule has 0 heterocycles. The first-order chi connectivity index (χ1) is 20.2. The molecular formula is C39H48P2. The Morgan fingerprint density at radius 1 is 0.585 bits per heavy atom. The van der Waals surface area contributed by atoms with E-state index in [1.54, 1.807) is 62.2 Å². The zero-order valence-corrected chi connectivity index (χ0v) is 26.7. The smallest absolute Gasteiger partial charge is 0.0116 e. The molecule has 214 valence electrons. The quantitative estimate of drug-likeness (QED) is 0.234. The van der Waals surface area contributed by atoms with Gasteiger partial charge >= 0.3 is 0 Å². The monoisotopic (exact) mass is 578 g/mol. The van der Waals surface area contributed by atoms with E-state index in [2.05, 4.69) is 91.9 Å². The first-order valence-corrected chi connectivity index (χ1v) is 19.9. The molecule has 0 N–H and O–H groups in total. The zero-order valence-electron chi connectivity index (χ0n) is 25.0. The summed E-state index contributed by atoms with van der Waals surface area (Å²) in [5, 5.41) is 4.62. The molecule has 0 spiro atoms. The van der Waals surface area contributed by atoms with E-state index >= 15 is 0 Å². The Morgan fingerprint density at radius 2 is 1.15 bits per heavy atom. The van der Waals surface area contributed by atoms with Crippen molar-refractivity contribution < 1.29 is 0 Å². The van der Waals surface area contributed by atoms with Crippen molar-refractivity contribution in [3.8, 4) is 0 Å². The molecule has 5 saturated carbocycles. The molecule has 5 aliphatic carbocycles. The largest absolute Gasteiger partial charge is 0.0965 e. The number of benzene rings is 3. The van der Waals surface area contributed by atoms with Crippen molar-refractivity contribution in [2.45, 2.75) is 100 Å². The zero-order chi connectivity index (χ0) is 27.3. The van der Waals surface area contributed by atoms with Gasteiger partial charge in [-0.25, -0.2) is 0 Å². The van der Waals surface area contributed by atoms with Crippen molar-refractivity contribution in [1.82, 2.24) is 0 Å². The van der Waals surface area contributed by atoms with Crippen LogP contribution in [-0.4, -0.2) is 17.0 Å². The second-order valence-corrected chi connectivity index (χ2v) is 19.7. The molecule has 8 rings (SSSR count). The van der Waals surface area contributed by atoms with Crippen LogP contribution >= 0.6 is 15.8 Å². The maximum atomic E-state index is 2.80. The molecule has 0 radical (unpaired) electrons. The second-order valence-electron chi connectivity index (χ2n) is 14.4. The third-order valence-corrected chi connectivity index (χ3v) is 19.1. The summed E-state index contributed by atoms with van der Waals surface area (Å²) in [5.74, 6) is 5.96. The summed E-state index contributed by atoms with van der Waals surface area (Å²) in [6, 6.07) is 32.6. The van der Waals surface area contributed by atoms with Crippen molar-refractivity contribution in [3.63, 3.8) is 0 Å². The summed E-state index contributed by atoms with van der Waals surface area (Å²) < 4.78 is 0. The third kappa shape index (κ3) is 4.98. The maximum Gasteiger partial charge on any atom is -0.0116 e. The molecular weight excluding hydrogens is 530 g/mol. The van der Waals surface area contributed by atoms with Gasteiger partial charge in [-0.05, 0) is 133 Å². The van der Waals surface area contributed by atoms with Crippen LogP contribution in [0.4, 0.5) is 0 Å². The highest BCUT2D eigenvalue weighted by Crippen LogP contribution is 2.71. The number of rotatable bonds is 8. The highest BCUT2D eigenvalue weighted by Gasteiger charge is 2.53. The fraction of sp³-hybridized carbons (Fsp3) is 0.538. The first kappa shape index (κ1) is 27.1. The van der Waals surface area contributed by atoms with Gasteiger partial charge in [-0.15, -0.1) is 0 Å². The minimum atomic E-state index is -0.557.